The van der Waals surface area contributed by atoms with Crippen molar-refractivity contribution in [1.29, 1.82) is 0 Å². The SMILES string of the molecule is CC.Cc1cc(-c2ccnc(NC(=O)[C@@H]3C[C@H]3c3cccs3)c2)ccc1OC1CCOCC1.N. The highest BCUT2D eigenvalue weighted by Crippen LogP contribution is 2.49. The predicted octanol–water partition coefficient (Wildman–Crippen LogP) is 6.61. The lowest BCUT2D eigenvalue weighted by Crippen LogP contribution is -2.26. The molecule has 182 valence electrons. The van der Waals surface area contributed by atoms with Gasteiger partial charge in [0, 0.05) is 35.8 Å². The van der Waals surface area contributed by atoms with E-state index in [1.807, 2.05) is 38.1 Å². The van der Waals surface area contributed by atoms with Crippen molar-refractivity contribution in [2.24, 2.45) is 5.92 Å². The molecule has 1 saturated carbocycles. The third-order valence-corrected chi connectivity index (χ3v) is 7.02. The molecule has 2 fully saturated rings. The minimum atomic E-state index is 0. The molecule has 1 aliphatic heterocycles. The molecule has 3 heterocycles. The fourth-order valence-electron chi connectivity index (χ4n) is 4.13. The highest BCUT2D eigenvalue weighted by molar-refractivity contribution is 7.10. The van der Waals surface area contributed by atoms with Crippen LogP contribution in [0, 0.1) is 12.8 Å². The van der Waals surface area contributed by atoms with Crippen LogP contribution in [-0.2, 0) is 9.53 Å². The zero-order chi connectivity index (χ0) is 23.2. The maximum absolute atomic E-state index is 12.6. The van der Waals surface area contributed by atoms with Crippen LogP contribution in [0.1, 0.15) is 49.5 Å². The fourth-order valence-corrected chi connectivity index (χ4v) is 5.04. The Labute approximate surface area is 206 Å². The Morgan fingerprint density at radius 3 is 2.59 bits per heavy atom. The summed E-state index contributed by atoms with van der Waals surface area (Å²) in [5.41, 5.74) is 3.21. The van der Waals surface area contributed by atoms with Gasteiger partial charge in [0.05, 0.1) is 13.2 Å². The van der Waals surface area contributed by atoms with Gasteiger partial charge in [-0.15, -0.1) is 11.3 Å². The van der Waals surface area contributed by atoms with Gasteiger partial charge in [-0.3, -0.25) is 4.79 Å². The van der Waals surface area contributed by atoms with E-state index in [9.17, 15) is 4.79 Å². The van der Waals surface area contributed by atoms with Crippen molar-refractivity contribution < 1.29 is 14.3 Å². The molecule has 3 aromatic rings. The maximum atomic E-state index is 12.6. The highest BCUT2D eigenvalue weighted by Gasteiger charge is 2.44. The molecule has 0 spiro atoms. The van der Waals surface area contributed by atoms with E-state index >= 15 is 0 Å². The number of pyridine rings is 1. The zero-order valence-corrected chi connectivity index (χ0v) is 21.1. The molecule has 0 radical (unpaired) electrons. The molecule has 1 aromatic carbocycles. The molecule has 34 heavy (non-hydrogen) atoms. The van der Waals surface area contributed by atoms with E-state index < -0.39 is 0 Å². The largest absolute Gasteiger partial charge is 0.490 e. The van der Waals surface area contributed by atoms with Crippen LogP contribution in [0.5, 0.6) is 5.75 Å². The lowest BCUT2D eigenvalue weighted by atomic mass is 10.0. The Kier molecular flexibility index (Phi) is 9.21. The summed E-state index contributed by atoms with van der Waals surface area (Å²) in [5, 5.41) is 5.07. The first-order chi connectivity index (χ1) is 16.2. The molecular weight excluding hydrogens is 446 g/mol. The number of amides is 1. The molecule has 0 unspecified atom stereocenters. The number of hydrogen-bond donors (Lipinski definition) is 2. The van der Waals surface area contributed by atoms with Gasteiger partial charge < -0.3 is 20.9 Å². The summed E-state index contributed by atoms with van der Waals surface area (Å²) < 4.78 is 11.6. The number of benzene rings is 1. The van der Waals surface area contributed by atoms with E-state index in [2.05, 4.69) is 40.8 Å². The molecule has 2 atom stereocenters. The molecule has 1 amide bonds. The summed E-state index contributed by atoms with van der Waals surface area (Å²) >= 11 is 1.72. The number of anilines is 1. The average Bonchev–Trinajstić information content (AvgIpc) is 3.47. The molecule has 1 saturated heterocycles. The molecule has 2 aliphatic rings. The molecule has 1 aliphatic carbocycles. The van der Waals surface area contributed by atoms with Crippen LogP contribution in [0.15, 0.2) is 54.0 Å². The molecule has 2 aromatic heterocycles. The van der Waals surface area contributed by atoms with Crippen molar-refractivity contribution in [3.8, 4) is 16.9 Å². The van der Waals surface area contributed by atoms with E-state index in [0.717, 1.165) is 54.9 Å². The summed E-state index contributed by atoms with van der Waals surface area (Å²) in [6.45, 7) is 7.60. The van der Waals surface area contributed by atoms with Crippen LogP contribution in [0.4, 0.5) is 5.82 Å². The number of carbonyl (C=O) groups is 1. The number of aryl methyl sites for hydroxylation is 1. The number of aromatic nitrogens is 1. The highest BCUT2D eigenvalue weighted by atomic mass is 32.1. The topological polar surface area (TPSA) is 95.5 Å². The standard InChI is InChI=1S/C25H26N2O3S.C2H6.H3N/c1-16-13-17(4-5-22(16)30-19-7-10-29-11-8-19)18-6-9-26-24(14-18)27-25(28)21-15-20(21)23-3-2-12-31-23;1-2;/h2-6,9,12-14,19-21H,7-8,10-11,15H2,1H3,(H,26,27,28);1-2H3;1H3/t20-,21-;;/m1../s1. The molecule has 4 N–H and O–H groups in total. The number of carbonyl (C=O) groups excluding carboxylic acids is 1. The van der Waals surface area contributed by atoms with Crippen LogP contribution in [0.25, 0.3) is 11.1 Å². The van der Waals surface area contributed by atoms with Gasteiger partial charge in [-0.25, -0.2) is 4.98 Å². The second-order valence-corrected chi connectivity index (χ2v) is 9.27. The van der Waals surface area contributed by atoms with E-state index in [1.54, 1.807) is 17.5 Å². The van der Waals surface area contributed by atoms with Crippen molar-refractivity contribution in [2.45, 2.75) is 52.1 Å². The van der Waals surface area contributed by atoms with Gasteiger partial charge in [0.15, 0.2) is 0 Å². The maximum Gasteiger partial charge on any atom is 0.229 e. The monoisotopic (exact) mass is 481 g/mol. The Morgan fingerprint density at radius 2 is 1.88 bits per heavy atom. The van der Waals surface area contributed by atoms with Gasteiger partial charge in [0.25, 0.3) is 0 Å². The molecule has 0 bridgehead atoms. The second-order valence-electron chi connectivity index (χ2n) is 8.29. The summed E-state index contributed by atoms with van der Waals surface area (Å²) in [5.74, 6) is 1.98. The third kappa shape index (κ3) is 6.23. The molecular formula is C27H35N3O3S. The van der Waals surface area contributed by atoms with Crippen LogP contribution in [0.3, 0.4) is 0 Å². The first-order valence-corrected chi connectivity index (χ1v) is 12.7. The van der Waals surface area contributed by atoms with Crippen LogP contribution in [0.2, 0.25) is 0 Å². The number of nitrogens with zero attached hydrogens (tertiary/aromatic N) is 1. The van der Waals surface area contributed by atoms with Crippen molar-refractivity contribution in [1.82, 2.24) is 11.1 Å². The Hall–Kier alpha value is -2.74. The Bertz CT molecular complexity index is 1060. The molecule has 5 rings (SSSR count). The van der Waals surface area contributed by atoms with Gasteiger partial charge in [0.2, 0.25) is 5.91 Å². The number of thiophene rings is 1. The molecule has 6 nitrogen and oxygen atoms in total. The van der Waals surface area contributed by atoms with Crippen molar-refractivity contribution in [3.05, 3.63) is 64.5 Å². The summed E-state index contributed by atoms with van der Waals surface area (Å²) in [6, 6.07) is 14.3. The summed E-state index contributed by atoms with van der Waals surface area (Å²) in [4.78, 5) is 18.3. The normalized spacial score (nSPS) is 19.3. The van der Waals surface area contributed by atoms with Crippen LogP contribution in [-0.4, -0.2) is 30.2 Å². The van der Waals surface area contributed by atoms with E-state index in [1.165, 1.54) is 4.88 Å². The Balaban J connectivity index is 0.00000105. The van der Waals surface area contributed by atoms with Crippen molar-refractivity contribution in [2.75, 3.05) is 18.5 Å². The zero-order valence-electron chi connectivity index (χ0n) is 20.3. The van der Waals surface area contributed by atoms with Crippen LogP contribution >= 0.6 is 11.3 Å². The van der Waals surface area contributed by atoms with E-state index in [-0.39, 0.29) is 24.1 Å². The number of hydrogen-bond acceptors (Lipinski definition) is 6. The predicted molar refractivity (Wildman–Crippen MR) is 139 cm³/mol. The number of rotatable bonds is 6. The summed E-state index contributed by atoms with van der Waals surface area (Å²) in [6.07, 6.45) is 4.75. The first-order valence-electron chi connectivity index (χ1n) is 11.8. The quantitative estimate of drug-likeness (QED) is 0.413. The fraction of sp³-hybridized carbons (Fsp3) is 0.407. The number of ether oxygens (including phenoxy) is 2. The average molecular weight is 482 g/mol. The molecule has 7 heteroatoms. The van der Waals surface area contributed by atoms with Gasteiger partial charge in [-0.2, -0.15) is 0 Å². The minimum Gasteiger partial charge on any atom is -0.490 e. The van der Waals surface area contributed by atoms with Crippen molar-refractivity contribution in [3.63, 3.8) is 0 Å². The Morgan fingerprint density at radius 1 is 1.12 bits per heavy atom. The lowest BCUT2D eigenvalue weighted by Gasteiger charge is -2.24. The second kappa shape index (κ2) is 12.1. The number of nitrogens with one attached hydrogen (secondary N) is 1. The van der Waals surface area contributed by atoms with E-state index in [0.29, 0.717) is 11.7 Å². The van der Waals surface area contributed by atoms with Crippen molar-refractivity contribution >= 4 is 23.1 Å². The van der Waals surface area contributed by atoms with Gasteiger partial charge >= 0.3 is 0 Å². The summed E-state index contributed by atoms with van der Waals surface area (Å²) in [7, 11) is 0. The smallest absolute Gasteiger partial charge is 0.229 e. The first kappa shape index (κ1) is 25.9. The van der Waals surface area contributed by atoms with Gasteiger partial charge in [0.1, 0.15) is 17.7 Å². The van der Waals surface area contributed by atoms with Crippen LogP contribution < -0.4 is 16.2 Å². The lowest BCUT2D eigenvalue weighted by molar-refractivity contribution is -0.117. The minimum absolute atomic E-state index is 0. The van der Waals surface area contributed by atoms with Gasteiger partial charge in [-0.1, -0.05) is 26.0 Å². The third-order valence-electron chi connectivity index (χ3n) is 6.02. The van der Waals surface area contributed by atoms with Gasteiger partial charge in [-0.05, 0) is 65.7 Å². The van der Waals surface area contributed by atoms with E-state index in [4.69, 9.17) is 9.47 Å².